The second-order valence-corrected chi connectivity index (χ2v) is 7.94. The minimum Gasteiger partial charge on any atom is -0.348 e. The molecule has 25 heavy (non-hydrogen) atoms. The van der Waals surface area contributed by atoms with Gasteiger partial charge >= 0.3 is 0 Å². The van der Waals surface area contributed by atoms with Gasteiger partial charge in [-0.2, -0.15) is 5.10 Å². The van der Waals surface area contributed by atoms with Crippen molar-refractivity contribution in [3.8, 4) is 0 Å². The molecule has 2 heterocycles. The van der Waals surface area contributed by atoms with E-state index in [0.29, 0.717) is 16.6 Å². The number of hydrogen-bond acceptors (Lipinski definition) is 3. The van der Waals surface area contributed by atoms with Gasteiger partial charge in [0.25, 0.3) is 5.91 Å². The summed E-state index contributed by atoms with van der Waals surface area (Å²) in [6.07, 6.45) is 6.45. The Hall–Kier alpha value is -1.59. The molecule has 134 valence electrons. The summed E-state index contributed by atoms with van der Waals surface area (Å²) in [6.45, 7) is 4.43. The van der Waals surface area contributed by atoms with Crippen LogP contribution in [0.4, 0.5) is 0 Å². The molecular weight excluding hydrogens is 336 g/mol. The second kappa shape index (κ2) is 6.96. The minimum atomic E-state index is -0.123. The number of aromatic amines is 1. The second-order valence-electron chi connectivity index (χ2n) is 7.51. The van der Waals surface area contributed by atoms with Gasteiger partial charge in [-0.25, -0.2) is 0 Å². The van der Waals surface area contributed by atoms with E-state index in [9.17, 15) is 4.79 Å². The van der Waals surface area contributed by atoms with E-state index in [4.69, 9.17) is 11.6 Å². The predicted octanol–water partition coefficient (Wildman–Crippen LogP) is 3.60. The molecule has 2 aliphatic rings. The molecule has 1 saturated heterocycles. The highest BCUT2D eigenvalue weighted by Gasteiger charge is 2.32. The molecule has 2 unspecified atom stereocenters. The summed E-state index contributed by atoms with van der Waals surface area (Å²) in [4.78, 5) is 15.3. The van der Waals surface area contributed by atoms with Gasteiger partial charge in [-0.15, -0.1) is 0 Å². The third-order valence-electron chi connectivity index (χ3n) is 5.89. The van der Waals surface area contributed by atoms with Crippen LogP contribution in [0, 0.1) is 5.92 Å². The number of nitrogens with zero attached hydrogens (tertiary/aromatic N) is 2. The lowest BCUT2D eigenvalue weighted by molar-refractivity contribution is 0.0634. The fourth-order valence-corrected chi connectivity index (χ4v) is 4.26. The Balaban J connectivity index is 1.43. The zero-order chi connectivity index (χ0) is 17.4. The number of hydrogen-bond donors (Lipinski definition) is 2. The zero-order valence-electron chi connectivity index (χ0n) is 14.6. The Bertz CT molecular complexity index is 770. The molecule has 5 nitrogen and oxygen atoms in total. The number of aromatic nitrogens is 2. The molecule has 0 spiro atoms. The smallest absolute Gasteiger partial charge is 0.272 e. The quantitative estimate of drug-likeness (QED) is 0.875. The molecule has 1 aromatic heterocycles. The van der Waals surface area contributed by atoms with Crippen LogP contribution in [0.3, 0.4) is 0 Å². The van der Waals surface area contributed by atoms with E-state index >= 15 is 0 Å². The van der Waals surface area contributed by atoms with E-state index in [1.165, 1.54) is 38.6 Å². The van der Waals surface area contributed by atoms with Crippen LogP contribution in [0.15, 0.2) is 18.2 Å². The van der Waals surface area contributed by atoms with Crippen LogP contribution in [0.2, 0.25) is 5.02 Å². The van der Waals surface area contributed by atoms with Crippen molar-refractivity contribution in [3.05, 3.63) is 28.9 Å². The number of nitrogens with one attached hydrogen (secondary N) is 2. The van der Waals surface area contributed by atoms with Crippen LogP contribution in [0.5, 0.6) is 0 Å². The first kappa shape index (κ1) is 16.9. The van der Waals surface area contributed by atoms with E-state index in [1.807, 2.05) is 6.07 Å². The molecule has 0 radical (unpaired) electrons. The molecule has 2 atom stereocenters. The Morgan fingerprint density at radius 1 is 1.36 bits per heavy atom. The highest BCUT2D eigenvalue weighted by molar-refractivity contribution is 6.31. The number of benzene rings is 1. The molecule has 6 heteroatoms. The molecule has 2 N–H and O–H groups in total. The van der Waals surface area contributed by atoms with Gasteiger partial charge in [-0.05, 0) is 63.3 Å². The summed E-state index contributed by atoms with van der Waals surface area (Å²) < 4.78 is 0. The lowest BCUT2D eigenvalue weighted by Crippen LogP contribution is -2.50. The van der Waals surface area contributed by atoms with E-state index in [1.54, 1.807) is 12.1 Å². The highest BCUT2D eigenvalue weighted by atomic mass is 35.5. The number of piperidine rings is 1. The first-order valence-electron chi connectivity index (χ1n) is 9.30. The summed E-state index contributed by atoms with van der Waals surface area (Å²) in [5.41, 5.74) is 1.26. The van der Waals surface area contributed by atoms with Gasteiger partial charge < -0.3 is 10.2 Å². The SMILES string of the molecule is CC(NC(=O)c1n[nH]c2ccc(Cl)cc12)C1CCCN(C2CCC2)C1. The lowest BCUT2D eigenvalue weighted by atomic mass is 9.85. The van der Waals surface area contributed by atoms with Crippen molar-refractivity contribution in [1.29, 1.82) is 0 Å². The Kier molecular flexibility index (Phi) is 4.69. The fraction of sp³-hybridized carbons (Fsp3) is 0.579. The molecule has 0 bridgehead atoms. The van der Waals surface area contributed by atoms with Crippen molar-refractivity contribution in [2.75, 3.05) is 13.1 Å². The standard InChI is InChI=1S/C19H25ClN4O/c1-12(13-4-3-9-24(11-13)15-5-2-6-15)21-19(25)18-16-10-14(20)7-8-17(16)22-23-18/h7-8,10,12-13,15H,2-6,9,11H2,1H3,(H,21,25)(H,22,23). The molecule has 1 aromatic carbocycles. The van der Waals surface area contributed by atoms with Crippen molar-refractivity contribution in [2.45, 2.75) is 51.1 Å². The van der Waals surface area contributed by atoms with Gasteiger partial charge in [-0.1, -0.05) is 18.0 Å². The van der Waals surface area contributed by atoms with Crippen molar-refractivity contribution >= 4 is 28.4 Å². The maximum atomic E-state index is 12.7. The number of amides is 1. The van der Waals surface area contributed by atoms with Crippen molar-refractivity contribution < 1.29 is 4.79 Å². The minimum absolute atomic E-state index is 0.123. The number of carbonyl (C=O) groups excluding carboxylic acids is 1. The third-order valence-corrected chi connectivity index (χ3v) is 6.12. The summed E-state index contributed by atoms with van der Waals surface area (Å²) in [6, 6.07) is 6.36. The number of H-pyrrole nitrogens is 1. The number of likely N-dealkylation sites (tertiary alicyclic amines) is 1. The van der Waals surface area contributed by atoms with E-state index in [2.05, 4.69) is 27.3 Å². The van der Waals surface area contributed by atoms with Gasteiger partial charge in [0.15, 0.2) is 5.69 Å². The summed E-state index contributed by atoms with van der Waals surface area (Å²) in [5.74, 6) is 0.383. The highest BCUT2D eigenvalue weighted by Crippen LogP contribution is 2.30. The molecule has 4 rings (SSSR count). The van der Waals surface area contributed by atoms with Crippen LogP contribution >= 0.6 is 11.6 Å². The van der Waals surface area contributed by atoms with Crippen molar-refractivity contribution in [2.24, 2.45) is 5.92 Å². The molecule has 1 saturated carbocycles. The van der Waals surface area contributed by atoms with Gasteiger partial charge in [0, 0.05) is 29.0 Å². The monoisotopic (exact) mass is 360 g/mol. The number of rotatable bonds is 4. The molecule has 2 fully saturated rings. The van der Waals surface area contributed by atoms with Gasteiger partial charge in [0.1, 0.15) is 0 Å². The van der Waals surface area contributed by atoms with Crippen LogP contribution in [0.1, 0.15) is 49.5 Å². The Labute approximate surface area is 153 Å². The molecule has 2 aromatic rings. The fourth-order valence-electron chi connectivity index (χ4n) is 4.08. The largest absolute Gasteiger partial charge is 0.348 e. The number of carbonyl (C=O) groups is 1. The average Bonchev–Trinajstić information content (AvgIpc) is 2.96. The maximum Gasteiger partial charge on any atom is 0.272 e. The number of halogens is 1. The molecule has 1 aliphatic heterocycles. The van der Waals surface area contributed by atoms with Gasteiger partial charge in [0.2, 0.25) is 0 Å². The topological polar surface area (TPSA) is 61.0 Å². The first-order chi connectivity index (χ1) is 12.1. The van der Waals surface area contributed by atoms with Gasteiger partial charge in [0.05, 0.1) is 5.52 Å². The van der Waals surface area contributed by atoms with Crippen LogP contribution in [-0.4, -0.2) is 46.2 Å². The molecule has 1 aliphatic carbocycles. The van der Waals surface area contributed by atoms with Gasteiger partial charge in [-0.3, -0.25) is 9.89 Å². The van der Waals surface area contributed by atoms with Crippen LogP contribution < -0.4 is 5.32 Å². The van der Waals surface area contributed by atoms with E-state index in [-0.39, 0.29) is 11.9 Å². The maximum absolute atomic E-state index is 12.7. The van der Waals surface area contributed by atoms with Crippen LogP contribution in [0.25, 0.3) is 10.9 Å². The van der Waals surface area contributed by atoms with Crippen LogP contribution in [-0.2, 0) is 0 Å². The van der Waals surface area contributed by atoms with Crippen molar-refractivity contribution in [3.63, 3.8) is 0 Å². The molecule has 1 amide bonds. The van der Waals surface area contributed by atoms with Crippen molar-refractivity contribution in [1.82, 2.24) is 20.4 Å². The van der Waals surface area contributed by atoms with E-state index < -0.39 is 0 Å². The molecular formula is C19H25ClN4O. The predicted molar refractivity (Wildman–Crippen MR) is 100.0 cm³/mol. The summed E-state index contributed by atoms with van der Waals surface area (Å²) in [5, 5.41) is 11.7. The number of fused-ring (bicyclic) bond motifs is 1. The van der Waals surface area contributed by atoms with E-state index in [0.717, 1.165) is 23.5 Å². The summed E-state index contributed by atoms with van der Waals surface area (Å²) >= 11 is 6.07. The summed E-state index contributed by atoms with van der Waals surface area (Å²) in [7, 11) is 0. The third kappa shape index (κ3) is 3.40. The average molecular weight is 361 g/mol. The lowest BCUT2D eigenvalue weighted by Gasteiger charge is -2.43. The Morgan fingerprint density at radius 2 is 2.20 bits per heavy atom. The zero-order valence-corrected chi connectivity index (χ0v) is 15.4. The first-order valence-corrected chi connectivity index (χ1v) is 9.68. The normalized spacial score (nSPS) is 23.4. The Morgan fingerprint density at radius 3 is 2.96 bits per heavy atom.